The van der Waals surface area contributed by atoms with E-state index in [1.165, 1.54) is 25.7 Å². The number of rotatable bonds is 6. The van der Waals surface area contributed by atoms with Crippen molar-refractivity contribution in [3.05, 3.63) is 23.7 Å². The van der Waals surface area contributed by atoms with Gasteiger partial charge in [-0.1, -0.05) is 5.21 Å². The SMILES string of the molecule is Cc1cc(N)nc(N2C[C@H]3C[C@@H](n4cc(C5CC5)nn4)[C@H](OCC4CC4)C[C@H]3C2)n1. The van der Waals surface area contributed by atoms with E-state index in [0.29, 0.717) is 23.6 Å². The fraction of sp³-hybridized carbons (Fsp3) is 0.727. The monoisotopic (exact) mass is 409 g/mol. The largest absolute Gasteiger partial charge is 0.384 e. The van der Waals surface area contributed by atoms with Crippen molar-refractivity contribution in [2.75, 3.05) is 30.3 Å². The zero-order valence-electron chi connectivity index (χ0n) is 17.7. The van der Waals surface area contributed by atoms with Crippen LogP contribution in [0.1, 0.15) is 61.9 Å². The van der Waals surface area contributed by atoms with E-state index in [1.807, 2.05) is 13.0 Å². The number of fused-ring (bicyclic) bond motifs is 1. The maximum absolute atomic E-state index is 6.49. The molecule has 6 rings (SSSR count). The van der Waals surface area contributed by atoms with Gasteiger partial charge in [0.25, 0.3) is 0 Å². The third-order valence-corrected chi connectivity index (χ3v) is 7.34. The van der Waals surface area contributed by atoms with Gasteiger partial charge in [0.15, 0.2) is 0 Å². The molecule has 0 bridgehead atoms. The predicted molar refractivity (Wildman–Crippen MR) is 113 cm³/mol. The normalized spacial score (nSPS) is 31.2. The lowest BCUT2D eigenvalue weighted by atomic mass is 9.77. The van der Waals surface area contributed by atoms with Gasteiger partial charge in [0.1, 0.15) is 5.82 Å². The molecule has 1 aliphatic heterocycles. The first-order valence-corrected chi connectivity index (χ1v) is 11.5. The van der Waals surface area contributed by atoms with E-state index in [-0.39, 0.29) is 12.1 Å². The summed E-state index contributed by atoms with van der Waals surface area (Å²) in [5, 5.41) is 9.02. The highest BCUT2D eigenvalue weighted by molar-refractivity contribution is 5.41. The van der Waals surface area contributed by atoms with Gasteiger partial charge in [0, 0.05) is 43.6 Å². The van der Waals surface area contributed by atoms with Gasteiger partial charge in [0.05, 0.1) is 17.8 Å². The Labute approximate surface area is 177 Å². The molecule has 0 unspecified atom stereocenters. The zero-order chi connectivity index (χ0) is 20.2. The number of aryl methyl sites for hydroxylation is 1. The standard InChI is InChI=1S/C22H31N7O/c1-13-6-21(23)25-22(24-13)28-9-16-7-19(29-11-18(26-27-29)15-4-5-15)20(8-17(16)10-28)30-12-14-2-3-14/h6,11,14-17,19-20H,2-5,7-10,12H2,1H3,(H2,23,24,25)/t16-,17+,19-,20-/m1/s1. The summed E-state index contributed by atoms with van der Waals surface area (Å²) >= 11 is 0. The molecule has 4 atom stereocenters. The molecular weight excluding hydrogens is 378 g/mol. The Morgan fingerprint density at radius 2 is 1.90 bits per heavy atom. The quantitative estimate of drug-likeness (QED) is 0.784. The van der Waals surface area contributed by atoms with Gasteiger partial charge in [-0.3, -0.25) is 0 Å². The second kappa shape index (κ2) is 7.18. The summed E-state index contributed by atoms with van der Waals surface area (Å²) in [6, 6.07) is 2.10. The lowest BCUT2D eigenvalue weighted by molar-refractivity contribution is -0.0375. The van der Waals surface area contributed by atoms with Gasteiger partial charge in [-0.15, -0.1) is 5.10 Å². The molecule has 0 spiro atoms. The average molecular weight is 410 g/mol. The molecule has 2 N–H and O–H groups in total. The van der Waals surface area contributed by atoms with Crippen molar-refractivity contribution >= 4 is 11.8 Å². The van der Waals surface area contributed by atoms with Crippen molar-refractivity contribution in [2.45, 2.75) is 63.5 Å². The lowest BCUT2D eigenvalue weighted by Gasteiger charge is -2.37. The van der Waals surface area contributed by atoms with Gasteiger partial charge in [0.2, 0.25) is 5.95 Å². The topological polar surface area (TPSA) is 95.0 Å². The second-order valence-corrected chi connectivity index (χ2v) is 9.91. The fourth-order valence-corrected chi connectivity index (χ4v) is 5.29. The van der Waals surface area contributed by atoms with Crippen molar-refractivity contribution in [3.8, 4) is 0 Å². The summed E-state index contributed by atoms with van der Waals surface area (Å²) in [6.07, 6.45) is 9.69. The van der Waals surface area contributed by atoms with Gasteiger partial charge in [-0.25, -0.2) is 9.67 Å². The van der Waals surface area contributed by atoms with E-state index in [0.717, 1.165) is 55.8 Å². The van der Waals surface area contributed by atoms with Crippen LogP contribution < -0.4 is 10.6 Å². The van der Waals surface area contributed by atoms with Gasteiger partial charge >= 0.3 is 0 Å². The molecule has 3 heterocycles. The van der Waals surface area contributed by atoms with E-state index >= 15 is 0 Å². The molecule has 30 heavy (non-hydrogen) atoms. The molecule has 4 aliphatic rings. The Morgan fingerprint density at radius 3 is 2.63 bits per heavy atom. The Hall–Kier alpha value is -2.22. The zero-order valence-corrected chi connectivity index (χ0v) is 17.7. The minimum Gasteiger partial charge on any atom is -0.384 e. The van der Waals surface area contributed by atoms with Crippen molar-refractivity contribution in [1.29, 1.82) is 0 Å². The van der Waals surface area contributed by atoms with Crippen LogP contribution in [0.2, 0.25) is 0 Å². The summed E-state index contributed by atoms with van der Waals surface area (Å²) < 4.78 is 8.60. The first-order valence-electron chi connectivity index (χ1n) is 11.5. The molecule has 8 nitrogen and oxygen atoms in total. The second-order valence-electron chi connectivity index (χ2n) is 9.91. The highest BCUT2D eigenvalue weighted by atomic mass is 16.5. The van der Waals surface area contributed by atoms with Crippen molar-refractivity contribution in [3.63, 3.8) is 0 Å². The summed E-state index contributed by atoms with van der Waals surface area (Å²) in [7, 11) is 0. The lowest BCUT2D eigenvalue weighted by Crippen LogP contribution is -2.38. The highest BCUT2D eigenvalue weighted by Crippen LogP contribution is 2.45. The number of hydrogen-bond donors (Lipinski definition) is 1. The van der Waals surface area contributed by atoms with Crippen LogP contribution in [-0.4, -0.2) is 50.8 Å². The van der Waals surface area contributed by atoms with Gasteiger partial charge in [-0.05, 0) is 63.2 Å². The smallest absolute Gasteiger partial charge is 0.227 e. The fourth-order valence-electron chi connectivity index (χ4n) is 5.29. The van der Waals surface area contributed by atoms with E-state index in [1.54, 1.807) is 0 Å². The Kier molecular flexibility index (Phi) is 4.44. The molecule has 0 aromatic carbocycles. The minimum absolute atomic E-state index is 0.212. The van der Waals surface area contributed by atoms with Crippen LogP contribution in [0.25, 0.3) is 0 Å². The average Bonchev–Trinajstić information content (AvgIpc) is 3.64. The van der Waals surface area contributed by atoms with Crippen LogP contribution in [-0.2, 0) is 4.74 Å². The van der Waals surface area contributed by atoms with Crippen molar-refractivity contribution < 1.29 is 4.74 Å². The number of nitrogens with zero attached hydrogens (tertiary/aromatic N) is 6. The van der Waals surface area contributed by atoms with E-state index < -0.39 is 0 Å². The Bertz CT molecular complexity index is 902. The highest BCUT2D eigenvalue weighted by Gasteiger charge is 2.45. The molecule has 1 saturated heterocycles. The van der Waals surface area contributed by atoms with Gasteiger partial charge in [-0.2, -0.15) is 4.98 Å². The molecule has 4 fully saturated rings. The maximum atomic E-state index is 6.49. The van der Waals surface area contributed by atoms with Crippen molar-refractivity contribution in [1.82, 2.24) is 25.0 Å². The molecule has 160 valence electrons. The maximum Gasteiger partial charge on any atom is 0.227 e. The Balaban J connectivity index is 1.22. The van der Waals surface area contributed by atoms with Gasteiger partial charge < -0.3 is 15.4 Å². The van der Waals surface area contributed by atoms with Crippen LogP contribution in [0.4, 0.5) is 11.8 Å². The third kappa shape index (κ3) is 3.66. The van der Waals surface area contributed by atoms with E-state index in [9.17, 15) is 0 Å². The molecular formula is C22H31N7O. The van der Waals surface area contributed by atoms with E-state index in [2.05, 4.69) is 36.1 Å². The number of aromatic nitrogens is 5. The third-order valence-electron chi connectivity index (χ3n) is 7.34. The molecule has 0 radical (unpaired) electrons. The van der Waals surface area contributed by atoms with Crippen LogP contribution in [0, 0.1) is 24.7 Å². The summed E-state index contributed by atoms with van der Waals surface area (Å²) in [6.45, 7) is 4.83. The number of anilines is 2. The summed E-state index contributed by atoms with van der Waals surface area (Å²) in [5.41, 5.74) is 8.07. The summed E-state index contributed by atoms with van der Waals surface area (Å²) in [4.78, 5) is 11.5. The van der Waals surface area contributed by atoms with E-state index in [4.69, 9.17) is 10.5 Å². The molecule has 2 aromatic rings. The predicted octanol–water partition coefficient (Wildman–Crippen LogP) is 2.72. The van der Waals surface area contributed by atoms with Crippen LogP contribution in [0.3, 0.4) is 0 Å². The van der Waals surface area contributed by atoms with Crippen LogP contribution in [0.15, 0.2) is 12.3 Å². The first kappa shape index (κ1) is 18.5. The number of nitrogen functional groups attached to an aromatic ring is 1. The molecule has 2 aromatic heterocycles. The molecule has 3 aliphatic carbocycles. The van der Waals surface area contributed by atoms with Crippen LogP contribution >= 0.6 is 0 Å². The minimum atomic E-state index is 0.212. The summed E-state index contributed by atoms with van der Waals surface area (Å²) in [5.74, 6) is 3.91. The van der Waals surface area contributed by atoms with Crippen LogP contribution in [0.5, 0.6) is 0 Å². The molecule has 0 amide bonds. The first-order chi connectivity index (χ1) is 14.6. The number of ether oxygens (including phenoxy) is 1. The number of hydrogen-bond acceptors (Lipinski definition) is 7. The molecule has 3 saturated carbocycles. The van der Waals surface area contributed by atoms with Crippen molar-refractivity contribution in [2.24, 2.45) is 17.8 Å². The number of nitrogens with two attached hydrogens (primary N) is 1. The Morgan fingerprint density at radius 1 is 1.10 bits per heavy atom. The molecule has 8 heteroatoms.